The maximum absolute atomic E-state index is 5.49. The van der Waals surface area contributed by atoms with E-state index in [0.717, 1.165) is 11.3 Å². The van der Waals surface area contributed by atoms with Gasteiger partial charge in [0.2, 0.25) is 0 Å². The zero-order valence-electron chi connectivity index (χ0n) is 7.18. The number of hydrogen-bond donors (Lipinski definition) is 2. The number of halogens is 1. The lowest BCUT2D eigenvalue weighted by molar-refractivity contribution is 1.29. The second-order valence-corrected chi connectivity index (χ2v) is 2.84. The van der Waals surface area contributed by atoms with Crippen LogP contribution in [0.2, 0.25) is 0 Å². The molecule has 0 aliphatic carbocycles. The number of nitrogens with two attached hydrogens (primary N) is 1. The van der Waals surface area contributed by atoms with Crippen molar-refractivity contribution in [2.24, 2.45) is 5.84 Å². The molecule has 0 heterocycles. The second-order valence-electron chi connectivity index (χ2n) is 2.47. The highest BCUT2D eigenvalue weighted by Gasteiger charge is 1.88. The topological polar surface area (TPSA) is 38.0 Å². The maximum atomic E-state index is 5.49. The van der Waals surface area contributed by atoms with Gasteiger partial charge in [-0.1, -0.05) is 17.9 Å². The van der Waals surface area contributed by atoms with Gasteiger partial charge in [-0.05, 0) is 18.2 Å². The monoisotopic (exact) mass is 194 g/mol. The first-order valence-corrected chi connectivity index (χ1v) is 4.52. The average molecular weight is 195 g/mol. The number of benzene rings is 1. The molecule has 68 valence electrons. The van der Waals surface area contributed by atoms with Crippen molar-refractivity contribution in [2.75, 3.05) is 11.3 Å². The molecule has 0 amide bonds. The molecule has 3 N–H and O–H groups in total. The summed E-state index contributed by atoms with van der Waals surface area (Å²) in [5.41, 5.74) is 4.37. The largest absolute Gasteiger partial charge is 0.324 e. The molecule has 0 fully saturated rings. The number of nitrogen functional groups attached to an aromatic ring is 1. The number of rotatable bonds is 2. The lowest BCUT2D eigenvalue weighted by atomic mass is 10.2. The summed E-state index contributed by atoms with van der Waals surface area (Å²) in [6.45, 7) is 0. The Kier molecular flexibility index (Phi) is 4.17. The summed E-state index contributed by atoms with van der Waals surface area (Å²) in [6, 6.07) is 7.61. The quantitative estimate of drug-likeness (QED) is 0.327. The summed E-state index contributed by atoms with van der Waals surface area (Å²) in [4.78, 5) is 0. The molecule has 3 heteroatoms. The highest BCUT2D eigenvalue weighted by Crippen LogP contribution is 2.07. The van der Waals surface area contributed by atoms with Gasteiger partial charge in [-0.2, -0.15) is 0 Å². The smallest absolute Gasteiger partial charge is 0.0497 e. The second kappa shape index (κ2) is 5.47. The maximum Gasteiger partial charge on any atom is 0.0497 e. The molecule has 0 aliphatic rings. The molecule has 1 aromatic carbocycles. The Balaban J connectivity index is 2.73. The molecule has 0 saturated heterocycles. The van der Waals surface area contributed by atoms with Crippen molar-refractivity contribution in [1.82, 2.24) is 0 Å². The van der Waals surface area contributed by atoms with Gasteiger partial charge >= 0.3 is 0 Å². The summed E-state index contributed by atoms with van der Waals surface area (Å²) in [5.74, 6) is 11.8. The fourth-order valence-corrected chi connectivity index (χ4v) is 0.993. The molecule has 2 nitrogen and oxygen atoms in total. The first-order valence-electron chi connectivity index (χ1n) is 3.98. The minimum atomic E-state index is 0.571. The molecule has 1 rings (SSSR count). The predicted molar refractivity (Wildman–Crippen MR) is 56.5 cm³/mol. The van der Waals surface area contributed by atoms with Crippen molar-refractivity contribution < 1.29 is 0 Å². The Morgan fingerprint density at radius 2 is 2.31 bits per heavy atom. The van der Waals surface area contributed by atoms with Crippen LogP contribution in [0.3, 0.4) is 0 Å². The summed E-state index contributed by atoms with van der Waals surface area (Å²) in [7, 11) is 0. The SMILES string of the molecule is NNc1cccc(C#CCCCl)c1. The number of anilines is 1. The van der Waals surface area contributed by atoms with Gasteiger partial charge in [0.1, 0.15) is 0 Å². The van der Waals surface area contributed by atoms with E-state index < -0.39 is 0 Å². The predicted octanol–water partition coefficient (Wildman–Crippen LogP) is 1.95. The van der Waals surface area contributed by atoms with Crippen molar-refractivity contribution >= 4 is 17.3 Å². The van der Waals surface area contributed by atoms with Crippen LogP contribution in [0.15, 0.2) is 24.3 Å². The standard InChI is InChI=1S/C10H11ClN2/c11-7-2-1-4-9-5-3-6-10(8-9)13-12/h3,5-6,8,13H,2,7,12H2. The van der Waals surface area contributed by atoms with Gasteiger partial charge in [0.15, 0.2) is 0 Å². The molecule has 0 radical (unpaired) electrons. The lowest BCUT2D eigenvalue weighted by Gasteiger charge is -1.98. The van der Waals surface area contributed by atoms with E-state index in [1.807, 2.05) is 24.3 Å². The highest BCUT2D eigenvalue weighted by atomic mass is 35.5. The van der Waals surface area contributed by atoms with Crippen LogP contribution in [0.5, 0.6) is 0 Å². The zero-order valence-corrected chi connectivity index (χ0v) is 7.93. The molecule has 1 aromatic rings. The van der Waals surface area contributed by atoms with Crippen LogP contribution < -0.4 is 11.3 Å². The van der Waals surface area contributed by atoms with E-state index in [-0.39, 0.29) is 0 Å². The number of hydrazine groups is 1. The van der Waals surface area contributed by atoms with Crippen LogP contribution in [0.4, 0.5) is 5.69 Å². The van der Waals surface area contributed by atoms with E-state index in [2.05, 4.69) is 17.3 Å². The Hall–Kier alpha value is -1.17. The average Bonchev–Trinajstić information content (AvgIpc) is 2.19. The molecular weight excluding hydrogens is 184 g/mol. The third-order valence-corrected chi connectivity index (χ3v) is 1.67. The Morgan fingerprint density at radius 3 is 3.00 bits per heavy atom. The van der Waals surface area contributed by atoms with Gasteiger partial charge in [0.25, 0.3) is 0 Å². The third-order valence-electron chi connectivity index (χ3n) is 1.48. The van der Waals surface area contributed by atoms with Crippen LogP contribution in [0.1, 0.15) is 12.0 Å². The van der Waals surface area contributed by atoms with E-state index in [1.165, 1.54) is 0 Å². The first-order chi connectivity index (χ1) is 6.36. The fourth-order valence-electron chi connectivity index (χ4n) is 0.899. The Labute approximate surface area is 83.1 Å². The zero-order chi connectivity index (χ0) is 9.52. The minimum absolute atomic E-state index is 0.571. The summed E-state index contributed by atoms with van der Waals surface area (Å²) in [6.07, 6.45) is 0.710. The molecule has 0 aromatic heterocycles. The van der Waals surface area contributed by atoms with Gasteiger partial charge < -0.3 is 5.43 Å². The van der Waals surface area contributed by atoms with Crippen molar-refractivity contribution in [3.05, 3.63) is 29.8 Å². The van der Waals surface area contributed by atoms with E-state index in [4.69, 9.17) is 17.4 Å². The summed E-state index contributed by atoms with van der Waals surface area (Å²) < 4.78 is 0. The molecule has 0 bridgehead atoms. The number of nitrogens with one attached hydrogen (secondary N) is 1. The fraction of sp³-hybridized carbons (Fsp3) is 0.200. The van der Waals surface area contributed by atoms with Crippen LogP contribution in [-0.4, -0.2) is 5.88 Å². The molecule has 13 heavy (non-hydrogen) atoms. The molecule has 0 atom stereocenters. The van der Waals surface area contributed by atoms with Gasteiger partial charge in [-0.15, -0.1) is 11.6 Å². The van der Waals surface area contributed by atoms with Gasteiger partial charge in [0.05, 0.1) is 0 Å². The van der Waals surface area contributed by atoms with E-state index in [1.54, 1.807) is 0 Å². The van der Waals surface area contributed by atoms with E-state index in [9.17, 15) is 0 Å². The minimum Gasteiger partial charge on any atom is -0.324 e. The van der Waals surface area contributed by atoms with Crippen molar-refractivity contribution in [3.8, 4) is 11.8 Å². The molecular formula is C10H11ClN2. The van der Waals surface area contributed by atoms with Crippen LogP contribution in [-0.2, 0) is 0 Å². The van der Waals surface area contributed by atoms with Crippen molar-refractivity contribution in [2.45, 2.75) is 6.42 Å². The molecule has 0 spiro atoms. The van der Waals surface area contributed by atoms with E-state index >= 15 is 0 Å². The van der Waals surface area contributed by atoms with Crippen molar-refractivity contribution in [1.29, 1.82) is 0 Å². The molecule has 0 unspecified atom stereocenters. The Morgan fingerprint density at radius 1 is 1.46 bits per heavy atom. The normalized spacial score (nSPS) is 8.77. The van der Waals surface area contributed by atoms with Crippen molar-refractivity contribution in [3.63, 3.8) is 0 Å². The van der Waals surface area contributed by atoms with Crippen LogP contribution in [0, 0.1) is 11.8 Å². The lowest BCUT2D eigenvalue weighted by Crippen LogP contribution is -2.06. The molecule has 0 saturated carbocycles. The van der Waals surface area contributed by atoms with Gasteiger partial charge in [-0.3, -0.25) is 5.84 Å². The Bertz CT molecular complexity index is 325. The first kappa shape index (κ1) is 9.91. The summed E-state index contributed by atoms with van der Waals surface area (Å²) >= 11 is 5.49. The van der Waals surface area contributed by atoms with E-state index in [0.29, 0.717) is 12.3 Å². The number of hydrogen-bond acceptors (Lipinski definition) is 2. The number of alkyl halides is 1. The van der Waals surface area contributed by atoms with Crippen LogP contribution >= 0.6 is 11.6 Å². The third kappa shape index (κ3) is 3.37. The van der Waals surface area contributed by atoms with Gasteiger partial charge in [-0.25, -0.2) is 0 Å². The van der Waals surface area contributed by atoms with Gasteiger partial charge in [0, 0.05) is 23.6 Å². The molecule has 0 aliphatic heterocycles. The highest BCUT2D eigenvalue weighted by molar-refractivity contribution is 6.18. The summed E-state index contributed by atoms with van der Waals surface area (Å²) in [5, 5.41) is 0. The van der Waals surface area contributed by atoms with Crippen LogP contribution in [0.25, 0.3) is 0 Å².